The van der Waals surface area contributed by atoms with Gasteiger partial charge in [-0.25, -0.2) is 0 Å². The monoisotopic (exact) mass is 240 g/mol. The molecule has 0 aromatic carbocycles. The van der Waals surface area contributed by atoms with Crippen molar-refractivity contribution >= 4 is 5.91 Å². The molecule has 0 bridgehead atoms. The third-order valence-corrected chi connectivity index (χ3v) is 3.65. The van der Waals surface area contributed by atoms with Crippen LogP contribution < -0.4 is 5.32 Å². The first-order valence-electron chi connectivity index (χ1n) is 7.26. The highest BCUT2D eigenvalue weighted by atomic mass is 16.2. The maximum absolute atomic E-state index is 11.9. The molecule has 1 aliphatic rings. The molecule has 0 spiro atoms. The first kappa shape index (κ1) is 14.5. The van der Waals surface area contributed by atoms with E-state index in [4.69, 9.17) is 0 Å². The Bertz CT molecular complexity index is 218. The molecule has 0 aliphatic carbocycles. The quantitative estimate of drug-likeness (QED) is 0.693. The molecule has 0 saturated carbocycles. The van der Waals surface area contributed by atoms with Gasteiger partial charge in [-0.1, -0.05) is 26.7 Å². The van der Waals surface area contributed by atoms with E-state index in [-0.39, 0.29) is 0 Å². The normalized spacial score (nSPS) is 21.6. The number of likely N-dealkylation sites (tertiary alicyclic amines) is 1. The SMILES string of the molecule is CCCC1CCC(=O)N(CCCNCC)CC1. The lowest BCUT2D eigenvalue weighted by atomic mass is 9.96. The summed E-state index contributed by atoms with van der Waals surface area (Å²) in [6.45, 7) is 8.32. The Morgan fingerprint density at radius 1 is 1.35 bits per heavy atom. The van der Waals surface area contributed by atoms with Crippen LogP contribution in [-0.2, 0) is 4.79 Å². The van der Waals surface area contributed by atoms with Crippen molar-refractivity contribution in [3.05, 3.63) is 0 Å². The Balaban J connectivity index is 2.27. The Kier molecular flexibility index (Phi) is 7.25. The van der Waals surface area contributed by atoms with Gasteiger partial charge in [0.25, 0.3) is 0 Å². The lowest BCUT2D eigenvalue weighted by Crippen LogP contribution is -2.33. The van der Waals surface area contributed by atoms with Gasteiger partial charge in [-0.05, 0) is 38.3 Å². The van der Waals surface area contributed by atoms with Crippen LogP contribution >= 0.6 is 0 Å². The smallest absolute Gasteiger partial charge is 0.222 e. The van der Waals surface area contributed by atoms with Crippen molar-refractivity contribution in [3.63, 3.8) is 0 Å². The second-order valence-corrected chi connectivity index (χ2v) is 5.07. The first-order chi connectivity index (χ1) is 8.27. The number of hydrogen-bond donors (Lipinski definition) is 1. The number of carbonyl (C=O) groups is 1. The maximum atomic E-state index is 11.9. The number of nitrogens with one attached hydrogen (secondary N) is 1. The van der Waals surface area contributed by atoms with Crippen molar-refractivity contribution in [1.29, 1.82) is 0 Å². The van der Waals surface area contributed by atoms with Crippen LogP contribution in [0.5, 0.6) is 0 Å². The number of amides is 1. The fourth-order valence-corrected chi connectivity index (χ4v) is 2.60. The van der Waals surface area contributed by atoms with Gasteiger partial charge < -0.3 is 10.2 Å². The van der Waals surface area contributed by atoms with E-state index >= 15 is 0 Å². The zero-order valence-corrected chi connectivity index (χ0v) is 11.5. The predicted molar refractivity (Wildman–Crippen MR) is 72.0 cm³/mol. The molecule has 1 unspecified atom stereocenters. The summed E-state index contributed by atoms with van der Waals surface area (Å²) in [4.78, 5) is 14.0. The summed E-state index contributed by atoms with van der Waals surface area (Å²) in [7, 11) is 0. The van der Waals surface area contributed by atoms with Crippen molar-refractivity contribution in [1.82, 2.24) is 10.2 Å². The van der Waals surface area contributed by atoms with Crippen LogP contribution in [0.1, 0.15) is 52.4 Å². The average Bonchev–Trinajstić information content (AvgIpc) is 2.50. The minimum absolute atomic E-state index is 0.375. The molecule has 100 valence electrons. The molecule has 0 radical (unpaired) electrons. The fraction of sp³-hybridized carbons (Fsp3) is 0.929. The highest BCUT2D eigenvalue weighted by Gasteiger charge is 2.21. The molecule has 1 fully saturated rings. The third kappa shape index (κ3) is 5.53. The molecule has 1 atom stereocenters. The molecule has 0 aromatic heterocycles. The summed E-state index contributed by atoms with van der Waals surface area (Å²) < 4.78 is 0. The highest BCUT2D eigenvalue weighted by Crippen LogP contribution is 2.22. The van der Waals surface area contributed by atoms with E-state index in [1.165, 1.54) is 19.3 Å². The van der Waals surface area contributed by atoms with Crippen molar-refractivity contribution < 1.29 is 4.79 Å². The summed E-state index contributed by atoms with van der Waals surface area (Å²) in [5, 5.41) is 3.31. The van der Waals surface area contributed by atoms with Crippen LogP contribution in [0.15, 0.2) is 0 Å². The van der Waals surface area contributed by atoms with E-state index in [9.17, 15) is 4.79 Å². The Morgan fingerprint density at radius 3 is 2.88 bits per heavy atom. The van der Waals surface area contributed by atoms with Crippen LogP contribution in [0.25, 0.3) is 0 Å². The van der Waals surface area contributed by atoms with Crippen molar-refractivity contribution in [3.8, 4) is 0 Å². The average molecular weight is 240 g/mol. The summed E-state index contributed by atoms with van der Waals surface area (Å²) in [5.41, 5.74) is 0. The molecular weight excluding hydrogens is 212 g/mol. The van der Waals surface area contributed by atoms with Gasteiger partial charge in [-0.15, -0.1) is 0 Å². The second-order valence-electron chi connectivity index (χ2n) is 5.07. The molecule has 1 saturated heterocycles. The zero-order chi connectivity index (χ0) is 12.5. The molecule has 3 nitrogen and oxygen atoms in total. The highest BCUT2D eigenvalue weighted by molar-refractivity contribution is 5.76. The van der Waals surface area contributed by atoms with Crippen molar-refractivity contribution in [2.45, 2.75) is 52.4 Å². The minimum atomic E-state index is 0.375. The number of carbonyl (C=O) groups excluding carboxylic acids is 1. The van der Waals surface area contributed by atoms with Gasteiger partial charge in [0.15, 0.2) is 0 Å². The Morgan fingerprint density at radius 2 is 2.18 bits per heavy atom. The lowest BCUT2D eigenvalue weighted by molar-refractivity contribution is -0.130. The van der Waals surface area contributed by atoms with Crippen LogP contribution in [0.2, 0.25) is 0 Å². The predicted octanol–water partition coefficient (Wildman–Crippen LogP) is 2.41. The molecule has 1 amide bonds. The molecule has 0 aromatic rings. The van der Waals surface area contributed by atoms with Crippen LogP contribution in [0.4, 0.5) is 0 Å². The van der Waals surface area contributed by atoms with Gasteiger partial charge in [0.1, 0.15) is 0 Å². The van der Waals surface area contributed by atoms with E-state index < -0.39 is 0 Å². The topological polar surface area (TPSA) is 32.3 Å². The Labute approximate surface area is 106 Å². The van der Waals surface area contributed by atoms with E-state index in [0.29, 0.717) is 5.91 Å². The molecule has 1 N–H and O–H groups in total. The summed E-state index contributed by atoms with van der Waals surface area (Å²) in [5.74, 6) is 1.16. The third-order valence-electron chi connectivity index (χ3n) is 3.65. The zero-order valence-electron chi connectivity index (χ0n) is 11.5. The molecule has 17 heavy (non-hydrogen) atoms. The van der Waals surface area contributed by atoms with Gasteiger partial charge >= 0.3 is 0 Å². The van der Waals surface area contributed by atoms with Gasteiger partial charge in [-0.3, -0.25) is 4.79 Å². The van der Waals surface area contributed by atoms with E-state index in [0.717, 1.165) is 51.4 Å². The molecule has 3 heteroatoms. The van der Waals surface area contributed by atoms with Gasteiger partial charge in [0.2, 0.25) is 5.91 Å². The maximum Gasteiger partial charge on any atom is 0.222 e. The fourth-order valence-electron chi connectivity index (χ4n) is 2.60. The number of nitrogens with zero attached hydrogens (tertiary/aromatic N) is 1. The molecule has 1 rings (SSSR count). The minimum Gasteiger partial charge on any atom is -0.343 e. The van der Waals surface area contributed by atoms with Gasteiger partial charge in [0, 0.05) is 19.5 Å². The van der Waals surface area contributed by atoms with Crippen LogP contribution in [0, 0.1) is 5.92 Å². The largest absolute Gasteiger partial charge is 0.343 e. The molecule has 1 aliphatic heterocycles. The summed E-state index contributed by atoms with van der Waals surface area (Å²) in [6.07, 6.45) is 6.71. The van der Waals surface area contributed by atoms with Gasteiger partial charge in [-0.2, -0.15) is 0 Å². The van der Waals surface area contributed by atoms with Crippen molar-refractivity contribution in [2.24, 2.45) is 5.92 Å². The summed E-state index contributed by atoms with van der Waals surface area (Å²) in [6, 6.07) is 0. The van der Waals surface area contributed by atoms with E-state index in [2.05, 4.69) is 24.1 Å². The van der Waals surface area contributed by atoms with Crippen LogP contribution in [0.3, 0.4) is 0 Å². The Hall–Kier alpha value is -0.570. The number of rotatable bonds is 7. The first-order valence-corrected chi connectivity index (χ1v) is 7.26. The van der Waals surface area contributed by atoms with E-state index in [1.54, 1.807) is 0 Å². The van der Waals surface area contributed by atoms with Crippen LogP contribution in [-0.4, -0.2) is 37.0 Å². The standard InChI is InChI=1S/C14H28N2O/c1-3-6-13-7-8-14(17)16(12-9-13)11-5-10-15-4-2/h13,15H,3-12H2,1-2H3. The summed E-state index contributed by atoms with van der Waals surface area (Å²) >= 11 is 0. The second kappa shape index (κ2) is 8.51. The van der Waals surface area contributed by atoms with Crippen molar-refractivity contribution in [2.75, 3.05) is 26.2 Å². The van der Waals surface area contributed by atoms with Gasteiger partial charge in [0.05, 0.1) is 0 Å². The molecular formula is C14H28N2O. The lowest BCUT2D eigenvalue weighted by Gasteiger charge is -2.20. The number of hydrogen-bond acceptors (Lipinski definition) is 2. The van der Waals surface area contributed by atoms with E-state index in [1.807, 2.05) is 0 Å². The molecule has 1 heterocycles.